The van der Waals surface area contributed by atoms with Crippen LogP contribution >= 0.6 is 11.8 Å². The molecule has 0 aliphatic carbocycles. The maximum absolute atomic E-state index is 13.4. The number of hydrogen-bond donors (Lipinski definition) is 0. The van der Waals surface area contributed by atoms with Crippen molar-refractivity contribution >= 4 is 33.4 Å². The molecule has 0 radical (unpaired) electrons. The third-order valence-electron chi connectivity index (χ3n) is 4.18. The van der Waals surface area contributed by atoms with Gasteiger partial charge in [-0.3, -0.25) is 4.79 Å². The van der Waals surface area contributed by atoms with Gasteiger partial charge in [0.15, 0.2) is 0 Å². The smallest absolute Gasteiger partial charge is 0.309 e. The summed E-state index contributed by atoms with van der Waals surface area (Å²) in [6.45, 7) is 5.66. The first-order valence-electron chi connectivity index (χ1n) is 8.34. The van der Waals surface area contributed by atoms with E-state index in [4.69, 9.17) is 4.74 Å². The maximum Gasteiger partial charge on any atom is 0.309 e. The van der Waals surface area contributed by atoms with Gasteiger partial charge in [-0.2, -0.15) is 0 Å². The molecule has 1 aliphatic rings. The topological polar surface area (TPSA) is 63.7 Å². The number of hydrogen-bond acceptors (Lipinski definition) is 5. The zero-order valence-corrected chi connectivity index (χ0v) is 16.6. The summed E-state index contributed by atoms with van der Waals surface area (Å²) in [7, 11) is -3.83. The lowest BCUT2D eigenvalue weighted by molar-refractivity contribution is -0.143. The molecule has 0 N–H and O–H groups in total. The third-order valence-corrected chi connectivity index (χ3v) is 7.58. The predicted octanol–water partition coefficient (Wildman–Crippen LogP) is 3.97. The van der Waals surface area contributed by atoms with Gasteiger partial charge in [0.25, 0.3) is 10.0 Å². The Hall–Kier alpha value is -1.99. The number of nitrogens with zero attached hydrogens (tertiary/aromatic N) is 1. The van der Waals surface area contributed by atoms with E-state index in [0.29, 0.717) is 5.69 Å². The Bertz CT molecular complexity index is 925. The first kappa shape index (κ1) is 18.8. The van der Waals surface area contributed by atoms with Gasteiger partial charge < -0.3 is 4.74 Å². The van der Waals surface area contributed by atoms with E-state index in [9.17, 15) is 13.2 Å². The van der Waals surface area contributed by atoms with Crippen LogP contribution in [0.2, 0.25) is 0 Å². The van der Waals surface area contributed by atoms with E-state index in [2.05, 4.69) is 0 Å². The van der Waals surface area contributed by atoms with E-state index in [1.165, 1.54) is 16.1 Å². The van der Waals surface area contributed by atoms with E-state index in [0.717, 1.165) is 10.5 Å². The fourth-order valence-electron chi connectivity index (χ4n) is 3.03. The van der Waals surface area contributed by atoms with E-state index in [1.54, 1.807) is 50.2 Å². The zero-order chi connectivity index (χ0) is 18.9. The Labute approximate surface area is 158 Å². The van der Waals surface area contributed by atoms with Crippen LogP contribution in [-0.2, 0) is 19.6 Å². The Balaban J connectivity index is 2.09. The molecule has 5 nitrogen and oxygen atoms in total. The summed E-state index contributed by atoms with van der Waals surface area (Å²) in [5.74, 6) is -0.417. The molecule has 0 fully saturated rings. The number of para-hydroxylation sites is 1. The Kier molecular flexibility index (Phi) is 5.03. The molecule has 0 spiro atoms. The molecule has 0 aromatic heterocycles. The maximum atomic E-state index is 13.4. The van der Waals surface area contributed by atoms with Crippen molar-refractivity contribution < 1.29 is 17.9 Å². The van der Waals surface area contributed by atoms with Gasteiger partial charge in [-0.05, 0) is 45.0 Å². The van der Waals surface area contributed by atoms with Crippen LogP contribution in [0.4, 0.5) is 5.69 Å². The lowest BCUT2D eigenvalue weighted by Crippen LogP contribution is -2.46. The summed E-state index contributed by atoms with van der Waals surface area (Å²) >= 11 is 1.37. The van der Waals surface area contributed by atoms with Crippen LogP contribution in [0.15, 0.2) is 58.3 Å². The van der Waals surface area contributed by atoms with Gasteiger partial charge in [0.05, 0.1) is 23.6 Å². The summed E-state index contributed by atoms with van der Waals surface area (Å²) in [6.07, 6.45) is -0.0364. The highest BCUT2D eigenvalue weighted by molar-refractivity contribution is 8.03. The number of aryl methyl sites for hydroxylation is 1. The monoisotopic (exact) mass is 391 g/mol. The largest absolute Gasteiger partial charge is 0.466 e. The quantitative estimate of drug-likeness (QED) is 0.722. The van der Waals surface area contributed by atoms with E-state index in [1.807, 2.05) is 19.1 Å². The Morgan fingerprint density at radius 2 is 1.81 bits per heavy atom. The molecule has 0 saturated heterocycles. The van der Waals surface area contributed by atoms with Crippen LogP contribution in [0.5, 0.6) is 0 Å². The number of rotatable bonds is 5. The second kappa shape index (κ2) is 6.96. The van der Waals surface area contributed by atoms with Crippen molar-refractivity contribution in [2.24, 2.45) is 0 Å². The number of carbonyl (C=O) groups is 1. The molecule has 0 saturated carbocycles. The van der Waals surface area contributed by atoms with Crippen LogP contribution in [0.1, 0.15) is 25.8 Å². The molecule has 1 unspecified atom stereocenters. The van der Waals surface area contributed by atoms with Crippen molar-refractivity contribution in [1.29, 1.82) is 0 Å². The molecule has 2 aromatic carbocycles. The number of fused-ring (bicyclic) bond motifs is 1. The summed E-state index contributed by atoms with van der Waals surface area (Å²) in [4.78, 5) is 12.2. The molecule has 3 rings (SSSR count). The summed E-state index contributed by atoms with van der Waals surface area (Å²) in [5.41, 5.74) is 1.57. The highest BCUT2D eigenvalue weighted by Crippen LogP contribution is 2.54. The van der Waals surface area contributed by atoms with Crippen molar-refractivity contribution in [2.75, 3.05) is 10.9 Å². The molecular formula is C19H21NO4S2. The molecule has 7 heteroatoms. The first-order valence-corrected chi connectivity index (χ1v) is 10.6. The van der Waals surface area contributed by atoms with Crippen LogP contribution in [0.3, 0.4) is 0 Å². The number of benzene rings is 2. The number of carbonyl (C=O) groups excluding carboxylic acids is 1. The number of anilines is 1. The normalized spacial score (nSPS) is 19.3. The minimum Gasteiger partial charge on any atom is -0.466 e. The van der Waals surface area contributed by atoms with E-state index < -0.39 is 20.9 Å². The summed E-state index contributed by atoms with van der Waals surface area (Å²) < 4.78 is 33.3. The molecule has 0 bridgehead atoms. The minimum atomic E-state index is -3.83. The van der Waals surface area contributed by atoms with Crippen LogP contribution in [0.25, 0.3) is 0 Å². The highest BCUT2D eigenvalue weighted by Gasteiger charge is 2.49. The van der Waals surface area contributed by atoms with Crippen molar-refractivity contribution in [2.45, 2.75) is 41.9 Å². The molecule has 26 heavy (non-hydrogen) atoms. The van der Waals surface area contributed by atoms with Crippen molar-refractivity contribution in [3.63, 3.8) is 0 Å². The van der Waals surface area contributed by atoms with Crippen molar-refractivity contribution in [3.8, 4) is 0 Å². The fraction of sp³-hybridized carbons (Fsp3) is 0.316. The Morgan fingerprint density at radius 1 is 1.15 bits per heavy atom. The van der Waals surface area contributed by atoms with Gasteiger partial charge in [-0.25, -0.2) is 12.7 Å². The average molecular weight is 392 g/mol. The van der Waals surface area contributed by atoms with Crippen molar-refractivity contribution in [1.82, 2.24) is 0 Å². The van der Waals surface area contributed by atoms with Gasteiger partial charge in [0, 0.05) is 4.90 Å². The SMILES string of the molecule is CCOC(=O)CC1(C)Sc2ccccc2N1S(=O)(=O)c1ccc(C)cc1. The fourth-order valence-corrected chi connectivity index (χ4v) is 6.43. The lowest BCUT2D eigenvalue weighted by atomic mass is 10.2. The minimum absolute atomic E-state index is 0.0364. The standard InChI is InChI=1S/C19H21NO4S2/c1-4-24-18(21)13-19(3)20(16-7-5-6-8-17(16)25-19)26(22,23)15-11-9-14(2)10-12-15/h5-12H,4,13H2,1-3H3. The van der Waals surface area contributed by atoms with Crippen LogP contribution < -0.4 is 4.31 Å². The molecule has 1 heterocycles. The van der Waals surface area contributed by atoms with Gasteiger partial charge in [-0.15, -0.1) is 0 Å². The number of thioether (sulfide) groups is 1. The van der Waals surface area contributed by atoms with Gasteiger partial charge in [0.1, 0.15) is 4.87 Å². The highest BCUT2D eigenvalue weighted by atomic mass is 32.2. The van der Waals surface area contributed by atoms with Gasteiger partial charge in [0.2, 0.25) is 0 Å². The molecule has 2 aromatic rings. The Morgan fingerprint density at radius 3 is 2.46 bits per heavy atom. The molecule has 1 atom stereocenters. The summed E-state index contributed by atoms with van der Waals surface area (Å²) in [5, 5.41) is 0. The first-order chi connectivity index (χ1) is 12.3. The van der Waals surface area contributed by atoms with Crippen molar-refractivity contribution in [3.05, 3.63) is 54.1 Å². The number of esters is 1. The molecule has 138 valence electrons. The molecule has 0 amide bonds. The number of sulfonamides is 1. The average Bonchev–Trinajstić information content (AvgIpc) is 2.87. The van der Waals surface area contributed by atoms with E-state index >= 15 is 0 Å². The second-order valence-electron chi connectivity index (χ2n) is 6.31. The van der Waals surface area contributed by atoms with E-state index in [-0.39, 0.29) is 17.9 Å². The third kappa shape index (κ3) is 3.33. The number of ether oxygens (including phenoxy) is 1. The van der Waals surface area contributed by atoms with Gasteiger partial charge >= 0.3 is 5.97 Å². The molecule has 1 aliphatic heterocycles. The van der Waals surface area contributed by atoms with Crippen LogP contribution in [0, 0.1) is 6.92 Å². The van der Waals surface area contributed by atoms with Crippen LogP contribution in [-0.4, -0.2) is 25.9 Å². The molecular weight excluding hydrogens is 370 g/mol. The summed E-state index contributed by atoms with van der Waals surface area (Å²) in [6, 6.07) is 14.0. The lowest BCUT2D eigenvalue weighted by Gasteiger charge is -2.34. The van der Waals surface area contributed by atoms with Gasteiger partial charge in [-0.1, -0.05) is 41.6 Å². The zero-order valence-electron chi connectivity index (χ0n) is 14.9. The predicted molar refractivity (Wildman–Crippen MR) is 103 cm³/mol. The second-order valence-corrected chi connectivity index (χ2v) is 9.62.